The van der Waals surface area contributed by atoms with Gasteiger partial charge in [0.2, 0.25) is 10.0 Å². The summed E-state index contributed by atoms with van der Waals surface area (Å²) in [5.74, 6) is 0.297. The zero-order valence-corrected chi connectivity index (χ0v) is 15.4. The van der Waals surface area contributed by atoms with Crippen LogP contribution in [0.1, 0.15) is 37.8 Å². The minimum Gasteiger partial charge on any atom is -0.207 e. The van der Waals surface area contributed by atoms with E-state index in [1.165, 1.54) is 4.31 Å². The number of halogens is 2. The van der Waals surface area contributed by atoms with E-state index in [2.05, 4.69) is 15.9 Å². The molecule has 6 heteroatoms. The summed E-state index contributed by atoms with van der Waals surface area (Å²) in [6.45, 7) is 5.86. The van der Waals surface area contributed by atoms with Crippen molar-refractivity contribution in [3.63, 3.8) is 0 Å². The number of benzene rings is 1. The van der Waals surface area contributed by atoms with Crippen LogP contribution in [0.3, 0.4) is 0 Å². The molecular weight excluding hydrogens is 362 g/mol. The SMILES string of the molecule is CCC(CC)N(C)S(=O)(=O)c1cc(CCl)cc(C)c1Br. The Morgan fingerprint density at radius 2 is 1.85 bits per heavy atom. The zero-order chi connectivity index (χ0) is 15.5. The molecule has 0 bridgehead atoms. The third kappa shape index (κ3) is 3.56. The molecule has 0 aliphatic heterocycles. The van der Waals surface area contributed by atoms with Gasteiger partial charge in [-0.25, -0.2) is 8.42 Å². The van der Waals surface area contributed by atoms with Gasteiger partial charge >= 0.3 is 0 Å². The van der Waals surface area contributed by atoms with Crippen molar-refractivity contribution in [2.75, 3.05) is 7.05 Å². The molecule has 0 unspecified atom stereocenters. The monoisotopic (exact) mass is 381 g/mol. The van der Waals surface area contributed by atoms with Crippen molar-refractivity contribution in [3.8, 4) is 0 Å². The van der Waals surface area contributed by atoms with Gasteiger partial charge in [0.15, 0.2) is 0 Å². The Bertz CT molecular complexity index is 571. The maximum Gasteiger partial charge on any atom is 0.244 e. The van der Waals surface area contributed by atoms with E-state index in [1.54, 1.807) is 13.1 Å². The van der Waals surface area contributed by atoms with Gasteiger partial charge in [0.1, 0.15) is 0 Å². The summed E-state index contributed by atoms with van der Waals surface area (Å²) in [5.41, 5.74) is 1.68. The lowest BCUT2D eigenvalue weighted by Gasteiger charge is -2.26. The molecule has 3 nitrogen and oxygen atoms in total. The fraction of sp³-hybridized carbons (Fsp3) is 0.571. The molecular formula is C14H21BrClNO2S. The van der Waals surface area contributed by atoms with E-state index >= 15 is 0 Å². The van der Waals surface area contributed by atoms with E-state index < -0.39 is 10.0 Å². The Kier molecular flexibility index (Phi) is 6.51. The smallest absolute Gasteiger partial charge is 0.207 e. The van der Waals surface area contributed by atoms with Crippen LogP contribution in [0.2, 0.25) is 0 Å². The summed E-state index contributed by atoms with van der Waals surface area (Å²) in [5, 5.41) is 0. The summed E-state index contributed by atoms with van der Waals surface area (Å²) in [4.78, 5) is 0.294. The van der Waals surface area contributed by atoms with Crippen LogP contribution in [0.4, 0.5) is 0 Å². The van der Waals surface area contributed by atoms with E-state index in [9.17, 15) is 8.42 Å². The maximum atomic E-state index is 12.8. The molecule has 1 rings (SSSR count). The molecule has 1 aromatic rings. The van der Waals surface area contributed by atoms with Crippen LogP contribution in [0.25, 0.3) is 0 Å². The summed E-state index contributed by atoms with van der Waals surface area (Å²) in [6, 6.07) is 3.55. The lowest BCUT2D eigenvalue weighted by Crippen LogP contribution is -2.36. The van der Waals surface area contributed by atoms with Gasteiger partial charge in [-0.2, -0.15) is 4.31 Å². The van der Waals surface area contributed by atoms with Crippen molar-refractivity contribution < 1.29 is 8.42 Å². The van der Waals surface area contributed by atoms with Gasteiger partial charge in [-0.1, -0.05) is 19.9 Å². The molecule has 0 saturated heterocycles. The highest BCUT2D eigenvalue weighted by atomic mass is 79.9. The zero-order valence-electron chi connectivity index (χ0n) is 12.3. The van der Waals surface area contributed by atoms with Crippen LogP contribution < -0.4 is 0 Å². The molecule has 0 aliphatic rings. The molecule has 0 N–H and O–H groups in total. The minimum atomic E-state index is -3.52. The Labute approximate surface area is 135 Å². The van der Waals surface area contributed by atoms with Crippen molar-refractivity contribution in [2.45, 2.75) is 50.4 Å². The van der Waals surface area contributed by atoms with E-state index in [4.69, 9.17) is 11.6 Å². The van der Waals surface area contributed by atoms with E-state index in [1.807, 2.05) is 26.8 Å². The van der Waals surface area contributed by atoms with Crippen LogP contribution in [0, 0.1) is 6.92 Å². The Morgan fingerprint density at radius 3 is 2.30 bits per heavy atom. The van der Waals surface area contributed by atoms with Crippen LogP contribution in [-0.4, -0.2) is 25.8 Å². The van der Waals surface area contributed by atoms with Crippen molar-refractivity contribution in [2.24, 2.45) is 0 Å². The van der Waals surface area contributed by atoms with E-state index in [0.29, 0.717) is 15.2 Å². The third-order valence-corrected chi connectivity index (χ3v) is 7.11. The fourth-order valence-electron chi connectivity index (χ4n) is 2.23. The number of alkyl halides is 1. The topological polar surface area (TPSA) is 37.4 Å². The first-order valence-electron chi connectivity index (χ1n) is 6.62. The number of aryl methyl sites for hydroxylation is 1. The molecule has 0 heterocycles. The number of nitrogens with zero attached hydrogens (tertiary/aromatic N) is 1. The highest BCUT2D eigenvalue weighted by Crippen LogP contribution is 2.31. The predicted molar refractivity (Wildman–Crippen MR) is 87.8 cm³/mol. The second-order valence-electron chi connectivity index (χ2n) is 4.85. The quantitative estimate of drug-likeness (QED) is 0.688. The van der Waals surface area contributed by atoms with Gasteiger partial charge in [0.05, 0.1) is 4.90 Å². The molecule has 114 valence electrons. The van der Waals surface area contributed by atoms with E-state index in [-0.39, 0.29) is 6.04 Å². The van der Waals surface area contributed by atoms with E-state index in [0.717, 1.165) is 24.0 Å². The highest BCUT2D eigenvalue weighted by molar-refractivity contribution is 9.10. The first-order valence-corrected chi connectivity index (χ1v) is 9.39. The molecule has 0 aromatic heterocycles. The van der Waals surface area contributed by atoms with Gasteiger partial charge in [-0.3, -0.25) is 0 Å². The van der Waals surface area contributed by atoms with Crippen molar-refractivity contribution in [3.05, 3.63) is 27.7 Å². The Balaban J connectivity index is 3.38. The average Bonchev–Trinajstić information content (AvgIpc) is 2.42. The summed E-state index contributed by atoms with van der Waals surface area (Å²) in [6.07, 6.45) is 1.58. The number of hydrogen-bond acceptors (Lipinski definition) is 2. The number of sulfonamides is 1. The van der Waals surface area contributed by atoms with Crippen molar-refractivity contribution >= 4 is 37.6 Å². The maximum absolute atomic E-state index is 12.8. The molecule has 0 saturated carbocycles. The third-order valence-electron chi connectivity index (χ3n) is 3.55. The number of hydrogen-bond donors (Lipinski definition) is 0. The van der Waals surface area contributed by atoms with Crippen LogP contribution in [0.5, 0.6) is 0 Å². The summed E-state index contributed by atoms with van der Waals surface area (Å²) in [7, 11) is -1.88. The molecule has 0 atom stereocenters. The summed E-state index contributed by atoms with van der Waals surface area (Å²) >= 11 is 9.24. The number of rotatable bonds is 6. The first-order chi connectivity index (χ1) is 9.29. The largest absolute Gasteiger partial charge is 0.244 e. The fourth-order valence-corrected chi connectivity index (χ4v) is 4.91. The normalized spacial score (nSPS) is 12.4. The molecule has 0 radical (unpaired) electrons. The molecule has 0 spiro atoms. The summed E-state index contributed by atoms with van der Waals surface area (Å²) < 4.78 is 27.6. The van der Waals surface area contributed by atoms with Gasteiger partial charge in [0.25, 0.3) is 0 Å². The first kappa shape index (κ1) is 18.0. The van der Waals surface area contributed by atoms with Crippen LogP contribution in [0.15, 0.2) is 21.5 Å². The highest BCUT2D eigenvalue weighted by Gasteiger charge is 2.28. The molecule has 1 aromatic carbocycles. The predicted octanol–water partition coefficient (Wildman–Crippen LogP) is 4.31. The van der Waals surface area contributed by atoms with Gasteiger partial charge in [-0.15, -0.1) is 11.6 Å². The molecule has 0 amide bonds. The average molecular weight is 383 g/mol. The van der Waals surface area contributed by atoms with Crippen molar-refractivity contribution in [1.82, 2.24) is 4.31 Å². The standard InChI is InChI=1S/C14H21BrClNO2S/c1-5-12(6-2)17(4)20(18,19)13-8-11(9-16)7-10(3)14(13)15/h7-8,12H,5-6,9H2,1-4H3. The van der Waals surface area contributed by atoms with Gasteiger partial charge in [0, 0.05) is 23.4 Å². The van der Waals surface area contributed by atoms with Gasteiger partial charge < -0.3 is 0 Å². The molecule has 0 fully saturated rings. The second kappa shape index (κ2) is 7.25. The van der Waals surface area contributed by atoms with Crippen LogP contribution >= 0.6 is 27.5 Å². The minimum absolute atomic E-state index is 0.00636. The van der Waals surface area contributed by atoms with Crippen LogP contribution in [-0.2, 0) is 15.9 Å². The lowest BCUT2D eigenvalue weighted by atomic mass is 10.2. The van der Waals surface area contributed by atoms with Crippen molar-refractivity contribution in [1.29, 1.82) is 0 Å². The molecule has 0 aliphatic carbocycles. The second-order valence-corrected chi connectivity index (χ2v) is 7.88. The van der Waals surface area contributed by atoms with Gasteiger partial charge in [-0.05, 0) is 52.9 Å². The Hall–Kier alpha value is -0.100. The molecule has 20 heavy (non-hydrogen) atoms. The lowest BCUT2D eigenvalue weighted by molar-refractivity contribution is 0.349. The Morgan fingerprint density at radius 1 is 1.30 bits per heavy atom.